The number of aliphatic hydroxyl groups is 1. The van der Waals surface area contributed by atoms with Crippen LogP contribution in [0.1, 0.15) is 45.1 Å². The minimum Gasteiger partial charge on any atom is -0.493 e. The van der Waals surface area contributed by atoms with Gasteiger partial charge in [-0.3, -0.25) is 0 Å². The molecule has 2 rings (SSSR count). The predicted molar refractivity (Wildman–Crippen MR) is 103 cm³/mol. The van der Waals surface area contributed by atoms with Crippen molar-refractivity contribution < 1.29 is 14.6 Å². The molecule has 1 aliphatic rings. The average molecular weight is 347 g/mol. The Labute approximate surface area is 152 Å². The minimum absolute atomic E-state index is 0.271. The highest BCUT2D eigenvalue weighted by atomic mass is 16.5. The number of nitrogens with zero attached hydrogens (tertiary/aromatic N) is 1. The molecule has 25 heavy (non-hydrogen) atoms. The van der Waals surface area contributed by atoms with E-state index in [-0.39, 0.29) is 6.61 Å². The van der Waals surface area contributed by atoms with Crippen molar-refractivity contribution >= 4 is 6.08 Å². The fourth-order valence-corrected chi connectivity index (χ4v) is 3.50. The number of hydrogen-bond donors (Lipinski definition) is 1. The number of methoxy groups -OCH3 is 1. The van der Waals surface area contributed by atoms with Crippen molar-refractivity contribution in [1.29, 1.82) is 0 Å². The smallest absolute Gasteiger partial charge is 0.161 e. The molecule has 1 N–H and O–H groups in total. The minimum atomic E-state index is -0.510. The molecule has 4 heteroatoms. The molecule has 0 heterocycles. The summed E-state index contributed by atoms with van der Waals surface area (Å²) in [6.07, 6.45) is 8.53. The van der Waals surface area contributed by atoms with Crippen LogP contribution in [0.5, 0.6) is 11.5 Å². The van der Waals surface area contributed by atoms with Crippen LogP contribution in [-0.4, -0.2) is 49.5 Å². The van der Waals surface area contributed by atoms with Gasteiger partial charge in [0.2, 0.25) is 0 Å². The number of likely N-dealkylation sites (N-methyl/N-ethyl adjacent to an activating group) is 1. The van der Waals surface area contributed by atoms with Crippen molar-refractivity contribution in [2.75, 3.05) is 27.3 Å². The van der Waals surface area contributed by atoms with Crippen molar-refractivity contribution in [3.8, 4) is 11.5 Å². The zero-order valence-electron chi connectivity index (χ0n) is 16.1. The molecule has 0 saturated heterocycles. The number of allylic oxidation sites excluding steroid dienone is 1. The van der Waals surface area contributed by atoms with Crippen LogP contribution in [0, 0.1) is 5.92 Å². The van der Waals surface area contributed by atoms with Crippen molar-refractivity contribution in [2.24, 2.45) is 5.92 Å². The number of aliphatic hydroxyl groups excluding tert-OH is 1. The van der Waals surface area contributed by atoms with E-state index in [1.165, 1.54) is 25.7 Å². The second kappa shape index (κ2) is 9.83. The Hall–Kier alpha value is -1.52. The van der Waals surface area contributed by atoms with Crippen LogP contribution in [0.2, 0.25) is 0 Å². The second-order valence-electron chi connectivity index (χ2n) is 7.23. The van der Waals surface area contributed by atoms with E-state index in [0.29, 0.717) is 24.1 Å². The maximum atomic E-state index is 10.3. The van der Waals surface area contributed by atoms with Crippen molar-refractivity contribution in [3.63, 3.8) is 0 Å². The molecule has 1 saturated carbocycles. The van der Waals surface area contributed by atoms with Crippen LogP contribution in [0.4, 0.5) is 0 Å². The second-order valence-corrected chi connectivity index (χ2v) is 7.23. The molecule has 4 nitrogen and oxygen atoms in total. The predicted octanol–water partition coefficient (Wildman–Crippen LogP) is 3.98. The molecular formula is C21H33NO3. The lowest BCUT2D eigenvalue weighted by molar-refractivity contribution is 0.0524. The van der Waals surface area contributed by atoms with Gasteiger partial charge in [-0.05, 0) is 63.3 Å². The van der Waals surface area contributed by atoms with E-state index < -0.39 is 6.10 Å². The lowest BCUT2D eigenvalue weighted by Crippen LogP contribution is -2.41. The number of rotatable bonds is 8. The maximum absolute atomic E-state index is 10.3. The van der Waals surface area contributed by atoms with Gasteiger partial charge in [0, 0.05) is 12.6 Å². The molecule has 0 bridgehead atoms. The molecular weight excluding hydrogens is 314 g/mol. The number of hydrogen-bond acceptors (Lipinski definition) is 4. The molecule has 140 valence electrons. The Morgan fingerprint density at radius 2 is 1.96 bits per heavy atom. The first kappa shape index (κ1) is 19.8. The van der Waals surface area contributed by atoms with Crippen LogP contribution < -0.4 is 9.47 Å². The summed E-state index contributed by atoms with van der Waals surface area (Å²) in [6, 6.07) is 6.41. The molecule has 0 radical (unpaired) electrons. The first-order chi connectivity index (χ1) is 12.0. The van der Waals surface area contributed by atoms with Gasteiger partial charge in [-0.2, -0.15) is 0 Å². The molecule has 1 fully saturated rings. The topological polar surface area (TPSA) is 41.9 Å². The van der Waals surface area contributed by atoms with Crippen LogP contribution in [0.25, 0.3) is 6.08 Å². The highest BCUT2D eigenvalue weighted by Crippen LogP contribution is 2.29. The zero-order valence-corrected chi connectivity index (χ0v) is 16.1. The van der Waals surface area contributed by atoms with E-state index in [2.05, 4.69) is 18.9 Å². The van der Waals surface area contributed by atoms with Gasteiger partial charge in [-0.25, -0.2) is 0 Å². The van der Waals surface area contributed by atoms with Gasteiger partial charge < -0.3 is 19.5 Å². The van der Waals surface area contributed by atoms with Crippen LogP contribution in [-0.2, 0) is 0 Å². The third-order valence-electron chi connectivity index (χ3n) is 5.09. The molecule has 0 amide bonds. The van der Waals surface area contributed by atoms with Gasteiger partial charge in [0.25, 0.3) is 0 Å². The normalized spacial score (nSPS) is 22.3. The van der Waals surface area contributed by atoms with E-state index >= 15 is 0 Å². The average Bonchev–Trinajstić information content (AvgIpc) is 2.61. The summed E-state index contributed by atoms with van der Waals surface area (Å²) in [5.74, 6) is 2.21. The molecule has 1 unspecified atom stereocenters. The summed E-state index contributed by atoms with van der Waals surface area (Å²) in [6.45, 7) is 5.22. The Balaban J connectivity index is 1.84. The van der Waals surface area contributed by atoms with Crippen molar-refractivity contribution in [1.82, 2.24) is 4.90 Å². The zero-order chi connectivity index (χ0) is 18.2. The van der Waals surface area contributed by atoms with Gasteiger partial charge in [0.05, 0.1) is 7.11 Å². The quantitative estimate of drug-likeness (QED) is 0.772. The Kier molecular flexibility index (Phi) is 7.79. The molecule has 0 spiro atoms. The standard InChI is InChI=1S/C21H33NO3/c1-5-6-17-9-12-20(21(13-17)24-4)25-15-19(23)14-22(3)18-10-7-16(2)8-11-18/h5-6,9,12-13,16,18-19,23H,7-8,10-11,14-15H2,1-4H3/b6-5+. The number of benzene rings is 1. The van der Waals surface area contributed by atoms with E-state index in [0.717, 1.165) is 11.5 Å². The van der Waals surface area contributed by atoms with Gasteiger partial charge >= 0.3 is 0 Å². The lowest BCUT2D eigenvalue weighted by Gasteiger charge is -2.34. The maximum Gasteiger partial charge on any atom is 0.161 e. The summed E-state index contributed by atoms with van der Waals surface area (Å²) in [7, 11) is 3.74. The highest BCUT2D eigenvalue weighted by Gasteiger charge is 2.23. The fraction of sp³-hybridized carbons (Fsp3) is 0.619. The SMILES string of the molecule is C/C=C/c1ccc(OCC(O)CN(C)C2CCC(C)CC2)c(OC)c1. The van der Waals surface area contributed by atoms with E-state index in [9.17, 15) is 5.11 Å². The third-order valence-corrected chi connectivity index (χ3v) is 5.09. The van der Waals surface area contributed by atoms with E-state index in [4.69, 9.17) is 9.47 Å². The summed E-state index contributed by atoms with van der Waals surface area (Å²) < 4.78 is 11.2. The van der Waals surface area contributed by atoms with E-state index in [1.54, 1.807) is 7.11 Å². The Morgan fingerprint density at radius 3 is 2.60 bits per heavy atom. The van der Waals surface area contributed by atoms with Gasteiger partial charge in [-0.15, -0.1) is 0 Å². The monoisotopic (exact) mass is 347 g/mol. The summed E-state index contributed by atoms with van der Waals surface area (Å²) in [5, 5.41) is 10.3. The molecule has 0 aromatic heterocycles. The van der Waals surface area contributed by atoms with Crippen molar-refractivity contribution in [3.05, 3.63) is 29.8 Å². The lowest BCUT2D eigenvalue weighted by atomic mass is 9.87. The fourth-order valence-electron chi connectivity index (χ4n) is 3.50. The number of ether oxygens (including phenoxy) is 2. The van der Waals surface area contributed by atoms with Crippen LogP contribution in [0.15, 0.2) is 24.3 Å². The van der Waals surface area contributed by atoms with E-state index in [1.807, 2.05) is 37.3 Å². The molecule has 1 atom stereocenters. The summed E-state index contributed by atoms with van der Waals surface area (Å²) in [5.41, 5.74) is 1.07. The first-order valence-electron chi connectivity index (χ1n) is 9.35. The van der Waals surface area contributed by atoms with Gasteiger partial charge in [0.15, 0.2) is 11.5 Å². The highest BCUT2D eigenvalue weighted by molar-refractivity contribution is 5.55. The Bertz CT molecular complexity index is 550. The summed E-state index contributed by atoms with van der Waals surface area (Å²) >= 11 is 0. The molecule has 1 aromatic rings. The third kappa shape index (κ3) is 6.05. The first-order valence-corrected chi connectivity index (χ1v) is 9.35. The van der Waals surface area contributed by atoms with Gasteiger partial charge in [-0.1, -0.05) is 25.1 Å². The molecule has 0 aliphatic heterocycles. The Morgan fingerprint density at radius 1 is 1.24 bits per heavy atom. The van der Waals surface area contributed by atoms with Gasteiger partial charge in [0.1, 0.15) is 12.7 Å². The van der Waals surface area contributed by atoms with Crippen molar-refractivity contribution in [2.45, 2.75) is 51.7 Å². The van der Waals surface area contributed by atoms with Crippen LogP contribution >= 0.6 is 0 Å². The molecule has 1 aromatic carbocycles. The molecule has 1 aliphatic carbocycles. The largest absolute Gasteiger partial charge is 0.493 e. The van der Waals surface area contributed by atoms with Crippen LogP contribution in [0.3, 0.4) is 0 Å². The summed E-state index contributed by atoms with van der Waals surface area (Å²) in [4.78, 5) is 2.28.